The van der Waals surface area contributed by atoms with Crippen LogP contribution in [0, 0.1) is 12.7 Å². The number of phenols is 1. The molecular weight excluding hydrogens is 654 g/mol. The fraction of sp³-hybridized carbons (Fsp3) is 0.167. The van der Waals surface area contributed by atoms with Crippen LogP contribution in [-0.4, -0.2) is 38.7 Å². The summed E-state index contributed by atoms with van der Waals surface area (Å²) in [5.74, 6) is -1.43. The molecule has 1 aromatic heterocycles. The number of aliphatic hydroxyl groups excluding tert-OH is 1. The largest absolute Gasteiger partial charge is 0.507 e. The fourth-order valence-electron chi connectivity index (χ4n) is 5.23. The minimum Gasteiger partial charge on any atom is -0.507 e. The van der Waals surface area contributed by atoms with E-state index >= 15 is 0 Å². The Balaban J connectivity index is 1.33. The predicted molar refractivity (Wildman–Crippen MR) is 182 cm³/mol. The van der Waals surface area contributed by atoms with Crippen LogP contribution in [0.15, 0.2) is 101 Å². The van der Waals surface area contributed by atoms with Gasteiger partial charge in [0.2, 0.25) is 5.13 Å². The maximum absolute atomic E-state index is 13.7. The van der Waals surface area contributed by atoms with Gasteiger partial charge in [-0.1, -0.05) is 71.1 Å². The number of aromatic hydroxyl groups is 1. The van der Waals surface area contributed by atoms with Gasteiger partial charge in [-0.2, -0.15) is 0 Å². The molecule has 244 valence electrons. The second-order valence-electron chi connectivity index (χ2n) is 10.9. The van der Waals surface area contributed by atoms with E-state index in [2.05, 4.69) is 10.2 Å². The number of carbonyl (C=O) groups is 2. The van der Waals surface area contributed by atoms with Crippen molar-refractivity contribution in [1.29, 1.82) is 0 Å². The van der Waals surface area contributed by atoms with Crippen molar-refractivity contribution >= 4 is 45.7 Å². The summed E-state index contributed by atoms with van der Waals surface area (Å²) in [6.07, 6.45) is 0. The second-order valence-corrected chi connectivity index (χ2v) is 13.1. The fourth-order valence-corrected chi connectivity index (χ4v) is 7.06. The summed E-state index contributed by atoms with van der Waals surface area (Å²) in [4.78, 5) is 28.5. The number of rotatable bonds is 11. The average molecular weight is 684 g/mol. The molecule has 1 aliphatic heterocycles. The summed E-state index contributed by atoms with van der Waals surface area (Å²) in [6.45, 7) is 4.39. The number of thioether (sulfide) groups is 1. The van der Waals surface area contributed by atoms with E-state index in [9.17, 15) is 24.2 Å². The number of hydrogen-bond donors (Lipinski definition) is 2. The number of aryl methyl sites for hydroxylation is 1. The summed E-state index contributed by atoms with van der Waals surface area (Å²) in [5.41, 5.74) is 3.56. The number of phenolic OH excluding ortho intramolecular Hbond substituents is 1. The molecule has 4 aromatic carbocycles. The SMILES string of the molecule is CCOc1cc(C2C(=C(O)c3ccc(OCc4cccc(C)c4)cc3)C(=O)C(=O)N2c2nnc(SCc3ccc(F)cc3)s2)ccc1O. The molecule has 0 bridgehead atoms. The summed E-state index contributed by atoms with van der Waals surface area (Å²) in [6, 6.07) is 24.0. The predicted octanol–water partition coefficient (Wildman–Crippen LogP) is 7.59. The molecule has 0 radical (unpaired) electrons. The standard InChI is InChI=1S/C36H30FN3O6S2/c1-3-45-29-18-25(11-16-28(29)41)31-30(32(42)24-9-14-27(15-10-24)46-19-23-6-4-5-21(2)17-23)33(43)34(44)40(31)35-38-39-36(48-35)47-20-22-7-12-26(37)13-8-22/h4-18,31,41-42H,3,19-20H2,1-2H3. The van der Waals surface area contributed by atoms with Gasteiger partial charge in [-0.15, -0.1) is 10.2 Å². The van der Waals surface area contributed by atoms with Crippen LogP contribution in [0.2, 0.25) is 0 Å². The molecule has 2 N–H and O–H groups in total. The highest BCUT2D eigenvalue weighted by Crippen LogP contribution is 2.45. The number of nitrogens with zero attached hydrogens (tertiary/aromatic N) is 3. The van der Waals surface area contributed by atoms with Gasteiger partial charge < -0.3 is 19.7 Å². The smallest absolute Gasteiger partial charge is 0.301 e. The van der Waals surface area contributed by atoms with Crippen molar-refractivity contribution < 1.29 is 33.7 Å². The Labute approximate surface area is 284 Å². The Kier molecular flexibility index (Phi) is 9.74. The van der Waals surface area contributed by atoms with Gasteiger partial charge in [-0.25, -0.2) is 4.39 Å². The molecule has 0 spiro atoms. The van der Waals surface area contributed by atoms with Gasteiger partial charge in [-0.3, -0.25) is 14.5 Å². The van der Waals surface area contributed by atoms with Crippen LogP contribution in [-0.2, 0) is 21.9 Å². The Morgan fingerprint density at radius 2 is 1.73 bits per heavy atom. The third kappa shape index (κ3) is 7.04. The van der Waals surface area contributed by atoms with Gasteiger partial charge in [0.15, 0.2) is 15.8 Å². The highest BCUT2D eigenvalue weighted by Gasteiger charge is 2.48. The zero-order valence-corrected chi connectivity index (χ0v) is 27.6. The van der Waals surface area contributed by atoms with Gasteiger partial charge in [0.1, 0.15) is 23.9 Å². The van der Waals surface area contributed by atoms with E-state index in [1.807, 2.05) is 31.2 Å². The van der Waals surface area contributed by atoms with Gasteiger partial charge in [0.25, 0.3) is 5.78 Å². The van der Waals surface area contributed by atoms with E-state index in [0.717, 1.165) is 28.0 Å². The maximum atomic E-state index is 13.7. The monoisotopic (exact) mass is 683 g/mol. The molecular formula is C36H30FN3O6S2. The first-order valence-corrected chi connectivity index (χ1v) is 16.8. The van der Waals surface area contributed by atoms with Crippen LogP contribution in [0.3, 0.4) is 0 Å². The number of benzene rings is 4. The highest BCUT2D eigenvalue weighted by atomic mass is 32.2. The van der Waals surface area contributed by atoms with Crippen molar-refractivity contribution in [2.75, 3.05) is 11.5 Å². The minimum atomic E-state index is -1.11. The molecule has 1 saturated heterocycles. The van der Waals surface area contributed by atoms with Crippen molar-refractivity contribution in [2.24, 2.45) is 0 Å². The molecule has 12 heteroatoms. The first-order chi connectivity index (χ1) is 23.2. The summed E-state index contributed by atoms with van der Waals surface area (Å²) in [7, 11) is 0. The minimum absolute atomic E-state index is 0.116. The van der Waals surface area contributed by atoms with Crippen LogP contribution in [0.5, 0.6) is 17.2 Å². The average Bonchev–Trinajstić information content (AvgIpc) is 3.66. The number of aliphatic hydroxyl groups is 1. The summed E-state index contributed by atoms with van der Waals surface area (Å²) in [5, 5.41) is 30.6. The number of ether oxygens (including phenoxy) is 2. The number of aromatic nitrogens is 2. The topological polar surface area (TPSA) is 122 Å². The van der Waals surface area contributed by atoms with E-state index in [4.69, 9.17) is 9.47 Å². The lowest BCUT2D eigenvalue weighted by molar-refractivity contribution is -0.132. The molecule has 9 nitrogen and oxygen atoms in total. The van der Waals surface area contributed by atoms with Crippen LogP contribution < -0.4 is 14.4 Å². The van der Waals surface area contributed by atoms with Crippen molar-refractivity contribution in [3.05, 3.63) is 130 Å². The van der Waals surface area contributed by atoms with E-state index in [1.165, 1.54) is 40.9 Å². The lowest BCUT2D eigenvalue weighted by atomic mass is 9.95. The number of halogens is 1. The number of hydrogen-bond acceptors (Lipinski definition) is 10. The molecule has 0 saturated carbocycles. The van der Waals surface area contributed by atoms with Crippen LogP contribution in [0.25, 0.3) is 5.76 Å². The third-order valence-electron chi connectivity index (χ3n) is 7.54. The molecule has 5 aromatic rings. The zero-order chi connectivity index (χ0) is 33.8. The van der Waals surface area contributed by atoms with Gasteiger partial charge in [-0.05, 0) is 79.1 Å². The Hall–Kier alpha value is -5.20. The molecule has 2 heterocycles. The van der Waals surface area contributed by atoms with Crippen LogP contribution >= 0.6 is 23.1 Å². The second kappa shape index (κ2) is 14.3. The lowest BCUT2D eigenvalue weighted by Gasteiger charge is -2.23. The maximum Gasteiger partial charge on any atom is 0.301 e. The van der Waals surface area contributed by atoms with E-state index in [-0.39, 0.29) is 40.4 Å². The Morgan fingerprint density at radius 1 is 0.958 bits per heavy atom. The van der Waals surface area contributed by atoms with Crippen molar-refractivity contribution in [2.45, 2.75) is 36.6 Å². The third-order valence-corrected chi connectivity index (χ3v) is 9.66. The molecule has 1 amide bonds. The number of ketones is 1. The quantitative estimate of drug-likeness (QED) is 0.0477. The highest BCUT2D eigenvalue weighted by molar-refractivity contribution is 8.00. The van der Waals surface area contributed by atoms with Crippen molar-refractivity contribution in [3.8, 4) is 17.2 Å². The van der Waals surface area contributed by atoms with Crippen molar-refractivity contribution in [3.63, 3.8) is 0 Å². The molecule has 1 atom stereocenters. The van der Waals surface area contributed by atoms with Crippen LogP contribution in [0.4, 0.5) is 9.52 Å². The molecule has 1 fully saturated rings. The Bertz CT molecular complexity index is 2000. The zero-order valence-electron chi connectivity index (χ0n) is 25.9. The van der Waals surface area contributed by atoms with Gasteiger partial charge in [0.05, 0.1) is 18.2 Å². The lowest BCUT2D eigenvalue weighted by Crippen LogP contribution is -2.29. The number of carbonyl (C=O) groups excluding carboxylic acids is 2. The first kappa shape index (κ1) is 32.7. The van der Waals surface area contributed by atoms with E-state index < -0.39 is 17.7 Å². The molecule has 1 unspecified atom stereocenters. The number of amides is 1. The summed E-state index contributed by atoms with van der Waals surface area (Å²) < 4.78 is 25.4. The van der Waals surface area contributed by atoms with E-state index in [1.54, 1.807) is 49.4 Å². The van der Waals surface area contributed by atoms with E-state index in [0.29, 0.717) is 33.6 Å². The van der Waals surface area contributed by atoms with Crippen molar-refractivity contribution in [1.82, 2.24) is 10.2 Å². The van der Waals surface area contributed by atoms with Crippen LogP contribution in [0.1, 0.15) is 40.8 Å². The summed E-state index contributed by atoms with van der Waals surface area (Å²) >= 11 is 2.46. The molecule has 6 rings (SSSR count). The molecule has 1 aliphatic rings. The Morgan fingerprint density at radius 3 is 2.46 bits per heavy atom. The molecule has 0 aliphatic carbocycles. The first-order valence-electron chi connectivity index (χ1n) is 15.0. The number of anilines is 1. The van der Waals surface area contributed by atoms with Gasteiger partial charge >= 0.3 is 5.91 Å². The number of Topliss-reactive ketones (excluding diaryl/α,β-unsaturated/α-hetero) is 1. The van der Waals surface area contributed by atoms with Gasteiger partial charge in [0, 0.05) is 11.3 Å². The molecule has 48 heavy (non-hydrogen) atoms. The normalized spacial score (nSPS) is 15.6.